The van der Waals surface area contributed by atoms with Crippen molar-refractivity contribution in [2.75, 3.05) is 5.32 Å². The van der Waals surface area contributed by atoms with E-state index in [4.69, 9.17) is 16.0 Å². The summed E-state index contributed by atoms with van der Waals surface area (Å²) in [4.78, 5) is 13.8. The van der Waals surface area contributed by atoms with Crippen LogP contribution in [0.5, 0.6) is 0 Å². The van der Waals surface area contributed by atoms with Crippen LogP contribution >= 0.6 is 46.0 Å². The second-order valence-corrected chi connectivity index (χ2v) is 9.06. The number of hydrogen-bond acceptors (Lipinski definition) is 7. The summed E-state index contributed by atoms with van der Waals surface area (Å²) in [6.07, 6.45) is 0. The van der Waals surface area contributed by atoms with Crippen molar-refractivity contribution in [3.63, 3.8) is 0 Å². The zero-order valence-electron chi connectivity index (χ0n) is 13.5. The van der Waals surface area contributed by atoms with E-state index in [0.29, 0.717) is 15.7 Å². The summed E-state index contributed by atoms with van der Waals surface area (Å²) in [5.74, 6) is 0.745. The Morgan fingerprint density at radius 2 is 2.23 bits per heavy atom. The number of nitrogens with zero attached hydrogens (tertiary/aromatic N) is 2. The van der Waals surface area contributed by atoms with Crippen molar-refractivity contribution < 1.29 is 9.21 Å². The summed E-state index contributed by atoms with van der Waals surface area (Å²) in [6.45, 7) is 1.83. The molecule has 0 atom stereocenters. The lowest BCUT2D eigenvalue weighted by atomic mass is 10.1. The van der Waals surface area contributed by atoms with E-state index >= 15 is 0 Å². The summed E-state index contributed by atoms with van der Waals surface area (Å²) in [5, 5.41) is 14.8. The second kappa shape index (κ2) is 7.40. The summed E-state index contributed by atoms with van der Waals surface area (Å²) in [7, 11) is 0. The third kappa shape index (κ3) is 3.64. The zero-order valence-corrected chi connectivity index (χ0v) is 16.7. The summed E-state index contributed by atoms with van der Waals surface area (Å²) >= 11 is 10.7. The number of rotatable bonds is 5. The van der Waals surface area contributed by atoms with Crippen molar-refractivity contribution in [1.29, 1.82) is 0 Å². The van der Waals surface area contributed by atoms with Crippen LogP contribution in [0, 0.1) is 6.92 Å². The number of halogens is 1. The van der Waals surface area contributed by atoms with E-state index in [-0.39, 0.29) is 11.7 Å². The smallest absolute Gasteiger partial charge is 0.293 e. The Morgan fingerprint density at radius 3 is 3.04 bits per heavy atom. The molecule has 1 aromatic carbocycles. The Kier molecular flexibility index (Phi) is 4.99. The number of furan rings is 1. The fourth-order valence-electron chi connectivity index (χ4n) is 2.41. The van der Waals surface area contributed by atoms with Gasteiger partial charge in [0.1, 0.15) is 5.58 Å². The number of thioether (sulfide) groups is 1. The summed E-state index contributed by atoms with van der Waals surface area (Å²) in [6, 6.07) is 9.38. The molecule has 0 aliphatic heterocycles. The number of anilines is 1. The molecule has 0 saturated heterocycles. The number of fused-ring (bicyclic) bond motifs is 1. The molecule has 26 heavy (non-hydrogen) atoms. The number of thiophene rings is 1. The van der Waals surface area contributed by atoms with Gasteiger partial charge in [0.25, 0.3) is 5.91 Å². The third-order valence-electron chi connectivity index (χ3n) is 3.65. The Hall–Kier alpha value is -1.87. The normalized spacial score (nSPS) is 11.2. The highest BCUT2D eigenvalue weighted by atomic mass is 35.5. The molecular formula is C17H12ClN3O2S3. The SMILES string of the molecule is Cc1c(C(=O)Nc2nnc(SCc3cccs3)s2)oc2ccc(Cl)cc12. The number of carbonyl (C=O) groups excluding carboxylic acids is 1. The van der Waals surface area contributed by atoms with Gasteiger partial charge in [0.05, 0.1) is 0 Å². The van der Waals surface area contributed by atoms with Crippen molar-refractivity contribution in [3.8, 4) is 0 Å². The summed E-state index contributed by atoms with van der Waals surface area (Å²) < 4.78 is 6.48. The maximum absolute atomic E-state index is 12.5. The Balaban J connectivity index is 1.47. The van der Waals surface area contributed by atoms with Crippen LogP contribution in [0.1, 0.15) is 21.0 Å². The second-order valence-electron chi connectivity index (χ2n) is 5.39. The van der Waals surface area contributed by atoms with Gasteiger partial charge in [-0.15, -0.1) is 21.5 Å². The molecule has 0 spiro atoms. The molecule has 0 fully saturated rings. The van der Waals surface area contributed by atoms with Crippen molar-refractivity contribution in [2.45, 2.75) is 17.0 Å². The van der Waals surface area contributed by atoms with Crippen LogP contribution in [-0.4, -0.2) is 16.1 Å². The first kappa shape index (κ1) is 17.5. The first-order valence-electron chi connectivity index (χ1n) is 7.59. The topological polar surface area (TPSA) is 68.0 Å². The van der Waals surface area contributed by atoms with E-state index in [2.05, 4.69) is 21.6 Å². The fourth-order valence-corrected chi connectivity index (χ4v) is 5.10. The number of aryl methyl sites for hydroxylation is 1. The molecule has 0 saturated carbocycles. The molecule has 3 heterocycles. The van der Waals surface area contributed by atoms with Crippen molar-refractivity contribution >= 4 is 68.0 Å². The lowest BCUT2D eigenvalue weighted by molar-refractivity contribution is 0.0998. The van der Waals surface area contributed by atoms with E-state index in [1.54, 1.807) is 41.3 Å². The predicted octanol–water partition coefficient (Wildman–Crippen LogP) is 5.85. The predicted molar refractivity (Wildman–Crippen MR) is 108 cm³/mol. The van der Waals surface area contributed by atoms with Gasteiger partial charge in [0.15, 0.2) is 10.1 Å². The number of aromatic nitrogens is 2. The molecule has 132 valence electrons. The molecule has 0 radical (unpaired) electrons. The van der Waals surface area contributed by atoms with Gasteiger partial charge in [0.2, 0.25) is 5.13 Å². The standard InChI is InChI=1S/C17H12ClN3O2S3/c1-9-12-7-10(18)4-5-13(12)23-14(9)15(22)19-16-20-21-17(26-16)25-8-11-3-2-6-24-11/h2-7H,8H2,1H3,(H,19,20,22). The van der Waals surface area contributed by atoms with Crippen LogP contribution in [-0.2, 0) is 5.75 Å². The molecule has 3 aromatic heterocycles. The minimum atomic E-state index is -0.347. The molecule has 1 amide bonds. The van der Waals surface area contributed by atoms with Crippen molar-refractivity contribution in [1.82, 2.24) is 10.2 Å². The van der Waals surface area contributed by atoms with E-state index in [0.717, 1.165) is 21.0 Å². The van der Waals surface area contributed by atoms with E-state index < -0.39 is 0 Å². The van der Waals surface area contributed by atoms with Crippen LogP contribution in [0.25, 0.3) is 11.0 Å². The first-order chi connectivity index (χ1) is 12.6. The number of hydrogen-bond donors (Lipinski definition) is 1. The number of nitrogens with one attached hydrogen (secondary N) is 1. The Bertz CT molecular complexity index is 1070. The highest BCUT2D eigenvalue weighted by molar-refractivity contribution is 8.00. The molecule has 4 rings (SSSR count). The average Bonchev–Trinajstić information content (AvgIpc) is 3.35. The lowest BCUT2D eigenvalue weighted by Crippen LogP contribution is -2.11. The lowest BCUT2D eigenvalue weighted by Gasteiger charge is -1.98. The molecule has 0 aliphatic carbocycles. The van der Waals surface area contributed by atoms with Gasteiger partial charge in [-0.05, 0) is 36.6 Å². The average molecular weight is 422 g/mol. The zero-order chi connectivity index (χ0) is 18.1. The van der Waals surface area contributed by atoms with Crippen LogP contribution in [0.15, 0.2) is 44.5 Å². The number of amides is 1. The summed E-state index contributed by atoms with van der Waals surface area (Å²) in [5.41, 5.74) is 1.37. The highest BCUT2D eigenvalue weighted by Gasteiger charge is 2.19. The first-order valence-corrected chi connectivity index (χ1v) is 10.6. The molecule has 1 N–H and O–H groups in total. The van der Waals surface area contributed by atoms with Gasteiger partial charge in [0, 0.05) is 26.6 Å². The van der Waals surface area contributed by atoms with Gasteiger partial charge >= 0.3 is 0 Å². The van der Waals surface area contributed by atoms with Crippen molar-refractivity contribution in [3.05, 3.63) is 56.9 Å². The molecule has 0 bridgehead atoms. The van der Waals surface area contributed by atoms with Gasteiger partial charge < -0.3 is 4.42 Å². The molecule has 4 aromatic rings. The van der Waals surface area contributed by atoms with Gasteiger partial charge in [-0.3, -0.25) is 10.1 Å². The van der Waals surface area contributed by atoms with E-state index in [1.165, 1.54) is 16.2 Å². The number of carbonyl (C=O) groups is 1. The number of benzene rings is 1. The Morgan fingerprint density at radius 1 is 1.35 bits per heavy atom. The van der Waals surface area contributed by atoms with E-state index in [9.17, 15) is 4.79 Å². The fraction of sp³-hybridized carbons (Fsp3) is 0.118. The van der Waals surface area contributed by atoms with Crippen LogP contribution in [0.3, 0.4) is 0 Å². The van der Waals surface area contributed by atoms with Crippen molar-refractivity contribution in [2.24, 2.45) is 0 Å². The minimum Gasteiger partial charge on any atom is -0.451 e. The monoisotopic (exact) mass is 421 g/mol. The van der Waals surface area contributed by atoms with Gasteiger partial charge in [-0.2, -0.15) is 0 Å². The molecule has 5 nitrogen and oxygen atoms in total. The van der Waals surface area contributed by atoms with Crippen LogP contribution in [0.4, 0.5) is 5.13 Å². The van der Waals surface area contributed by atoms with Gasteiger partial charge in [-0.25, -0.2) is 0 Å². The largest absolute Gasteiger partial charge is 0.451 e. The minimum absolute atomic E-state index is 0.255. The maximum Gasteiger partial charge on any atom is 0.293 e. The Labute approximate surface area is 166 Å². The molecule has 0 unspecified atom stereocenters. The van der Waals surface area contributed by atoms with E-state index in [1.807, 2.05) is 18.4 Å². The molecular weight excluding hydrogens is 410 g/mol. The molecule has 9 heteroatoms. The highest BCUT2D eigenvalue weighted by Crippen LogP contribution is 2.31. The van der Waals surface area contributed by atoms with Crippen LogP contribution < -0.4 is 5.32 Å². The van der Waals surface area contributed by atoms with Crippen LogP contribution in [0.2, 0.25) is 5.02 Å². The molecule has 0 aliphatic rings. The maximum atomic E-state index is 12.5. The quantitative estimate of drug-likeness (QED) is 0.323. The van der Waals surface area contributed by atoms with Gasteiger partial charge in [-0.1, -0.05) is 40.8 Å². The third-order valence-corrected chi connectivity index (χ3v) is 6.96.